The Bertz CT molecular complexity index is 864. The number of hydrogen-bond acceptors (Lipinski definition) is 2. The van der Waals surface area contributed by atoms with Crippen LogP contribution in [0, 0.1) is 13.8 Å². The molecule has 26 heavy (non-hydrogen) atoms. The summed E-state index contributed by atoms with van der Waals surface area (Å²) in [5, 5.41) is 10.2. The summed E-state index contributed by atoms with van der Waals surface area (Å²) >= 11 is 0. The number of benzene rings is 2. The predicted molar refractivity (Wildman–Crippen MR) is 102 cm³/mol. The van der Waals surface area contributed by atoms with Gasteiger partial charge in [-0.1, -0.05) is 47.5 Å². The molecule has 5 rings (SSSR count). The molecule has 1 saturated carbocycles. The lowest BCUT2D eigenvalue weighted by Crippen LogP contribution is -2.49. The van der Waals surface area contributed by atoms with Crippen molar-refractivity contribution in [2.24, 2.45) is 0 Å². The van der Waals surface area contributed by atoms with Gasteiger partial charge in [0.05, 0.1) is 0 Å². The highest BCUT2D eigenvalue weighted by molar-refractivity contribution is 5.88. The number of fused-ring (bicyclic) bond motifs is 5. The maximum absolute atomic E-state index is 12.6. The fraction of sp³-hybridized carbons (Fsp3) is 0.435. The van der Waals surface area contributed by atoms with Crippen LogP contribution in [0.3, 0.4) is 0 Å². The summed E-state index contributed by atoms with van der Waals surface area (Å²) in [6.45, 7) is 5.76. The molecule has 2 aliphatic carbocycles. The summed E-state index contributed by atoms with van der Waals surface area (Å²) in [5.41, 5.74) is 7.09. The normalized spacial score (nSPS) is 21.4. The zero-order valence-corrected chi connectivity index (χ0v) is 15.5. The third-order valence-electron chi connectivity index (χ3n) is 6.70. The Morgan fingerprint density at radius 3 is 1.85 bits per heavy atom. The summed E-state index contributed by atoms with van der Waals surface area (Å²) in [5.74, 6) is -0.0562. The molecule has 2 aromatic carbocycles. The van der Waals surface area contributed by atoms with Gasteiger partial charge in [0, 0.05) is 18.5 Å². The summed E-state index contributed by atoms with van der Waals surface area (Å²) in [6.07, 6.45) is 3.11. The molecule has 1 saturated heterocycles. The Morgan fingerprint density at radius 2 is 1.38 bits per heavy atom. The number of nitrogens with zero attached hydrogens (tertiary/aromatic N) is 1. The molecule has 0 radical (unpaired) electrons. The highest BCUT2D eigenvalue weighted by Gasteiger charge is 2.52. The first-order valence-electron chi connectivity index (χ1n) is 9.67. The summed E-state index contributed by atoms with van der Waals surface area (Å²) in [6, 6.07) is 13.6. The summed E-state index contributed by atoms with van der Waals surface area (Å²) < 4.78 is 0. The van der Waals surface area contributed by atoms with Crippen LogP contribution in [0.5, 0.6) is 0 Å². The van der Waals surface area contributed by atoms with Crippen molar-refractivity contribution < 1.29 is 9.90 Å². The number of hydrogen-bond donors (Lipinski definition) is 1. The number of likely N-dealkylation sites (tertiary alicyclic amines) is 1. The number of piperidine rings is 1. The van der Waals surface area contributed by atoms with E-state index in [-0.39, 0.29) is 11.3 Å². The minimum atomic E-state index is -1.05. The molecule has 1 aliphatic heterocycles. The molecule has 1 heterocycles. The molecule has 1 N–H and O–H groups in total. The van der Waals surface area contributed by atoms with Crippen LogP contribution < -0.4 is 0 Å². The van der Waals surface area contributed by atoms with Crippen LogP contribution in [0.4, 0.5) is 0 Å². The van der Waals surface area contributed by atoms with Crippen molar-refractivity contribution in [1.82, 2.24) is 4.90 Å². The van der Waals surface area contributed by atoms with Gasteiger partial charge in [0.1, 0.15) is 5.60 Å². The molecular weight excluding hydrogens is 322 g/mol. The molecule has 0 bridgehead atoms. The molecule has 2 fully saturated rings. The van der Waals surface area contributed by atoms with Crippen LogP contribution in [-0.2, 0) is 10.2 Å². The second-order valence-corrected chi connectivity index (χ2v) is 8.50. The van der Waals surface area contributed by atoms with Gasteiger partial charge >= 0.3 is 0 Å². The number of carbonyl (C=O) groups is 1. The van der Waals surface area contributed by atoms with Gasteiger partial charge in [0.15, 0.2) is 0 Å². The highest BCUT2D eigenvalue weighted by atomic mass is 16.3. The lowest BCUT2D eigenvalue weighted by atomic mass is 9.70. The van der Waals surface area contributed by atoms with E-state index in [1.54, 1.807) is 0 Å². The smallest absolute Gasteiger partial charge is 0.254 e. The van der Waals surface area contributed by atoms with Crippen molar-refractivity contribution in [3.8, 4) is 11.1 Å². The highest BCUT2D eigenvalue weighted by Crippen LogP contribution is 2.54. The zero-order valence-electron chi connectivity index (χ0n) is 15.5. The van der Waals surface area contributed by atoms with Gasteiger partial charge in [-0.05, 0) is 61.8 Å². The van der Waals surface area contributed by atoms with E-state index in [2.05, 4.69) is 50.2 Å². The monoisotopic (exact) mass is 347 g/mol. The maximum atomic E-state index is 12.6. The molecule has 1 spiro atoms. The molecule has 0 aromatic heterocycles. The fourth-order valence-corrected chi connectivity index (χ4v) is 4.98. The summed E-state index contributed by atoms with van der Waals surface area (Å²) in [4.78, 5) is 14.5. The van der Waals surface area contributed by atoms with Crippen molar-refractivity contribution >= 4 is 5.91 Å². The largest absolute Gasteiger partial charge is 0.380 e. The van der Waals surface area contributed by atoms with Crippen LogP contribution in [0.25, 0.3) is 11.1 Å². The molecule has 2 aromatic rings. The number of rotatable bonds is 1. The van der Waals surface area contributed by atoms with Gasteiger partial charge < -0.3 is 10.0 Å². The van der Waals surface area contributed by atoms with E-state index in [0.717, 1.165) is 25.9 Å². The van der Waals surface area contributed by atoms with Crippen LogP contribution in [-0.4, -0.2) is 34.6 Å². The van der Waals surface area contributed by atoms with E-state index in [4.69, 9.17) is 0 Å². The van der Waals surface area contributed by atoms with Crippen molar-refractivity contribution in [3.05, 3.63) is 58.7 Å². The Balaban J connectivity index is 1.56. The SMILES string of the molecule is Cc1ccc2c(c1)C1(CCN(C(=O)C3(O)CC3)CC1)c1cc(C)ccc1-2. The van der Waals surface area contributed by atoms with Gasteiger partial charge in [-0.2, -0.15) is 0 Å². The maximum Gasteiger partial charge on any atom is 0.254 e. The first kappa shape index (κ1) is 16.1. The lowest BCUT2D eigenvalue weighted by Gasteiger charge is -2.41. The Kier molecular flexibility index (Phi) is 3.21. The van der Waals surface area contributed by atoms with Crippen molar-refractivity contribution in [3.63, 3.8) is 0 Å². The number of amides is 1. The van der Waals surface area contributed by atoms with Crippen LogP contribution in [0.1, 0.15) is 47.9 Å². The Labute approximate surface area is 154 Å². The molecule has 3 aliphatic rings. The molecule has 3 heteroatoms. The third kappa shape index (κ3) is 2.13. The van der Waals surface area contributed by atoms with E-state index in [1.807, 2.05) is 4.90 Å². The van der Waals surface area contributed by atoms with Gasteiger partial charge in [0.2, 0.25) is 0 Å². The number of carbonyl (C=O) groups excluding carboxylic acids is 1. The lowest BCUT2D eigenvalue weighted by molar-refractivity contribution is -0.143. The second-order valence-electron chi connectivity index (χ2n) is 8.50. The number of aliphatic hydroxyl groups is 1. The Morgan fingerprint density at radius 1 is 0.885 bits per heavy atom. The molecule has 0 atom stereocenters. The van der Waals surface area contributed by atoms with Gasteiger partial charge in [0.25, 0.3) is 5.91 Å². The fourth-order valence-electron chi connectivity index (χ4n) is 4.98. The van der Waals surface area contributed by atoms with E-state index in [1.165, 1.54) is 33.4 Å². The minimum Gasteiger partial charge on any atom is -0.380 e. The quantitative estimate of drug-likeness (QED) is 0.854. The minimum absolute atomic E-state index is 0.00561. The molecule has 3 nitrogen and oxygen atoms in total. The van der Waals surface area contributed by atoms with E-state index >= 15 is 0 Å². The molecule has 0 unspecified atom stereocenters. The predicted octanol–water partition coefficient (Wildman–Crippen LogP) is 3.72. The molecule has 1 amide bonds. The van der Waals surface area contributed by atoms with Gasteiger partial charge in [-0.3, -0.25) is 4.79 Å². The van der Waals surface area contributed by atoms with Crippen molar-refractivity contribution in [2.75, 3.05) is 13.1 Å². The Hall–Kier alpha value is -2.13. The average molecular weight is 347 g/mol. The zero-order chi connectivity index (χ0) is 18.1. The topological polar surface area (TPSA) is 40.5 Å². The first-order chi connectivity index (χ1) is 12.4. The van der Waals surface area contributed by atoms with E-state index < -0.39 is 5.60 Å². The second kappa shape index (κ2) is 5.20. The third-order valence-corrected chi connectivity index (χ3v) is 6.70. The van der Waals surface area contributed by atoms with Crippen LogP contribution >= 0.6 is 0 Å². The standard InChI is InChI=1S/C23H25NO2/c1-15-3-5-17-18-6-4-16(2)14-20(18)22(19(17)13-15)9-11-24(12-10-22)21(25)23(26)7-8-23/h3-6,13-14,26H,7-12H2,1-2H3. The van der Waals surface area contributed by atoms with E-state index in [0.29, 0.717) is 12.8 Å². The number of aryl methyl sites for hydroxylation is 2. The molecular formula is C23H25NO2. The summed E-state index contributed by atoms with van der Waals surface area (Å²) in [7, 11) is 0. The first-order valence-corrected chi connectivity index (χ1v) is 9.67. The van der Waals surface area contributed by atoms with Gasteiger partial charge in [-0.25, -0.2) is 0 Å². The van der Waals surface area contributed by atoms with Gasteiger partial charge in [-0.15, -0.1) is 0 Å². The average Bonchev–Trinajstić information content (AvgIpc) is 3.35. The molecule has 134 valence electrons. The van der Waals surface area contributed by atoms with E-state index in [9.17, 15) is 9.90 Å². The van der Waals surface area contributed by atoms with Crippen LogP contribution in [0.2, 0.25) is 0 Å². The van der Waals surface area contributed by atoms with Crippen LogP contribution in [0.15, 0.2) is 36.4 Å². The van der Waals surface area contributed by atoms with Crippen molar-refractivity contribution in [1.29, 1.82) is 0 Å². The van der Waals surface area contributed by atoms with Crippen molar-refractivity contribution in [2.45, 2.75) is 50.5 Å².